The lowest BCUT2D eigenvalue weighted by molar-refractivity contribution is 0.134. The number of rotatable bonds is 4. The number of benzene rings is 3. The van der Waals surface area contributed by atoms with Gasteiger partial charge < -0.3 is 0 Å². The fourth-order valence-corrected chi connectivity index (χ4v) is 7.45. The third kappa shape index (κ3) is 3.91. The summed E-state index contributed by atoms with van der Waals surface area (Å²) < 4.78 is 29.4. The summed E-state index contributed by atoms with van der Waals surface area (Å²) in [5, 5.41) is 0. The molecule has 2 aliphatic rings. The van der Waals surface area contributed by atoms with Crippen LogP contribution in [0.15, 0.2) is 77.7 Å². The molecule has 166 valence electrons. The molecule has 3 aromatic rings. The topological polar surface area (TPSA) is 37.4 Å². The van der Waals surface area contributed by atoms with Crippen LogP contribution in [-0.2, 0) is 22.9 Å². The van der Waals surface area contributed by atoms with Crippen LogP contribution < -0.4 is 0 Å². The first kappa shape index (κ1) is 21.4. The Balaban J connectivity index is 1.55. The molecule has 32 heavy (non-hydrogen) atoms. The molecule has 1 saturated heterocycles. The molecule has 3 nitrogen and oxygen atoms in total. The normalized spacial score (nSPS) is 23.4. The molecule has 0 spiro atoms. The predicted molar refractivity (Wildman–Crippen MR) is 129 cm³/mol. The van der Waals surface area contributed by atoms with Gasteiger partial charge in [-0.25, -0.2) is 8.42 Å². The van der Waals surface area contributed by atoms with Gasteiger partial charge in [0.2, 0.25) is 10.0 Å². The second-order valence-electron chi connectivity index (χ2n) is 9.49. The molecule has 3 atom stereocenters. The zero-order valence-electron chi connectivity index (χ0n) is 18.9. The average Bonchev–Trinajstić information content (AvgIpc) is 2.80. The smallest absolute Gasteiger partial charge is 0.207 e. The van der Waals surface area contributed by atoms with E-state index in [0.717, 1.165) is 31.2 Å². The Kier molecular flexibility index (Phi) is 5.68. The van der Waals surface area contributed by atoms with E-state index in [4.69, 9.17) is 0 Å². The van der Waals surface area contributed by atoms with Crippen LogP contribution in [0.4, 0.5) is 0 Å². The minimum absolute atomic E-state index is 0.0314. The highest BCUT2D eigenvalue weighted by Crippen LogP contribution is 2.46. The zero-order valence-corrected chi connectivity index (χ0v) is 19.7. The summed E-state index contributed by atoms with van der Waals surface area (Å²) in [6.07, 6.45) is 3.71. The fraction of sp³-hybridized carbons (Fsp3) is 0.357. The van der Waals surface area contributed by atoms with E-state index in [1.165, 1.54) is 22.3 Å². The van der Waals surface area contributed by atoms with E-state index in [2.05, 4.69) is 37.3 Å². The van der Waals surface area contributed by atoms with Gasteiger partial charge >= 0.3 is 0 Å². The Hall–Kier alpha value is -2.43. The van der Waals surface area contributed by atoms with Crippen LogP contribution in [0.2, 0.25) is 0 Å². The molecule has 0 aromatic heterocycles. The summed E-state index contributed by atoms with van der Waals surface area (Å²) in [6, 6.07) is 24.5. The summed E-state index contributed by atoms with van der Waals surface area (Å²) in [5.74, 6) is 0.760. The summed E-state index contributed by atoms with van der Waals surface area (Å²) >= 11 is 0. The first-order chi connectivity index (χ1) is 15.4. The van der Waals surface area contributed by atoms with Gasteiger partial charge in [0.25, 0.3) is 0 Å². The highest BCUT2D eigenvalue weighted by atomic mass is 32.2. The second kappa shape index (κ2) is 8.49. The van der Waals surface area contributed by atoms with Crippen LogP contribution in [0, 0.1) is 19.8 Å². The van der Waals surface area contributed by atoms with E-state index in [1.54, 1.807) is 12.1 Å². The third-order valence-electron chi connectivity index (χ3n) is 7.40. The van der Waals surface area contributed by atoms with Crippen molar-refractivity contribution in [2.75, 3.05) is 6.54 Å². The molecular weight excluding hydrogens is 414 g/mol. The van der Waals surface area contributed by atoms with E-state index in [1.807, 2.05) is 41.6 Å². The molecule has 0 amide bonds. The number of fused-ring (bicyclic) bond motifs is 3. The number of sulfonamides is 1. The summed E-state index contributed by atoms with van der Waals surface area (Å²) in [5.41, 5.74) is 6.47. The molecule has 4 heteroatoms. The van der Waals surface area contributed by atoms with Gasteiger partial charge in [0, 0.05) is 12.6 Å². The first-order valence-electron chi connectivity index (χ1n) is 11.7. The molecule has 0 saturated carbocycles. The van der Waals surface area contributed by atoms with Gasteiger partial charge in [-0.2, -0.15) is 4.31 Å². The predicted octanol–water partition coefficient (Wildman–Crippen LogP) is 5.66. The fourth-order valence-electron chi connectivity index (χ4n) is 5.77. The largest absolute Gasteiger partial charge is 0.243 e. The van der Waals surface area contributed by atoms with Crippen molar-refractivity contribution in [1.82, 2.24) is 4.31 Å². The maximum absolute atomic E-state index is 13.8. The highest BCUT2D eigenvalue weighted by Gasteiger charge is 2.45. The molecular formula is C28H31NO2S. The van der Waals surface area contributed by atoms with Crippen LogP contribution in [0.1, 0.15) is 46.6 Å². The van der Waals surface area contributed by atoms with Crippen LogP contribution in [-0.4, -0.2) is 25.3 Å². The van der Waals surface area contributed by atoms with Crippen molar-refractivity contribution in [1.29, 1.82) is 0 Å². The lowest BCUT2D eigenvalue weighted by atomic mass is 9.67. The van der Waals surface area contributed by atoms with Crippen molar-refractivity contribution < 1.29 is 8.42 Å². The minimum atomic E-state index is -3.55. The maximum Gasteiger partial charge on any atom is 0.243 e. The SMILES string of the molecule is Cc1ccc(S(=O)(=O)N2CC[C@H]3c4cc(C)ccc4CC[C@@H]3[C@@H]2Cc2ccccc2)cc1. The van der Waals surface area contributed by atoms with Crippen LogP contribution in [0.3, 0.4) is 0 Å². The van der Waals surface area contributed by atoms with Crippen molar-refractivity contribution in [3.63, 3.8) is 0 Å². The number of hydrogen-bond acceptors (Lipinski definition) is 2. The number of piperidine rings is 1. The molecule has 0 radical (unpaired) electrons. The Labute approximate surface area is 192 Å². The van der Waals surface area contributed by atoms with Gasteiger partial charge in [-0.3, -0.25) is 0 Å². The molecule has 0 bridgehead atoms. The number of aryl methyl sites for hydroxylation is 3. The van der Waals surface area contributed by atoms with Crippen molar-refractivity contribution in [3.8, 4) is 0 Å². The van der Waals surface area contributed by atoms with Gasteiger partial charge in [0.1, 0.15) is 0 Å². The Morgan fingerprint density at radius 3 is 2.34 bits per heavy atom. The van der Waals surface area contributed by atoms with Gasteiger partial charge in [0.05, 0.1) is 4.90 Å². The molecule has 0 unspecified atom stereocenters. The number of hydrogen-bond donors (Lipinski definition) is 0. The number of nitrogens with zero attached hydrogens (tertiary/aromatic N) is 1. The van der Waals surface area contributed by atoms with Crippen LogP contribution >= 0.6 is 0 Å². The average molecular weight is 446 g/mol. The van der Waals surface area contributed by atoms with Crippen molar-refractivity contribution in [3.05, 3.63) is 101 Å². The lowest BCUT2D eigenvalue weighted by Gasteiger charge is -2.48. The quantitative estimate of drug-likeness (QED) is 0.520. The van der Waals surface area contributed by atoms with Crippen LogP contribution in [0.25, 0.3) is 0 Å². The maximum atomic E-state index is 13.8. The standard InChI is InChI=1S/C28H31NO2S/c1-20-9-13-24(14-10-20)32(30,31)29-17-16-25-26(28(29)19-22-6-4-3-5-7-22)15-12-23-11-8-21(2)18-27(23)25/h3-11,13-14,18,25-26,28H,12,15-17,19H2,1-2H3/t25-,26+,28+/m1/s1. The first-order valence-corrected chi connectivity index (χ1v) is 13.1. The molecule has 1 aliphatic carbocycles. The van der Waals surface area contributed by atoms with Crippen molar-refractivity contribution in [2.24, 2.45) is 5.92 Å². The third-order valence-corrected chi connectivity index (χ3v) is 9.34. The van der Waals surface area contributed by atoms with Crippen LogP contribution in [0.5, 0.6) is 0 Å². The summed E-state index contributed by atoms with van der Waals surface area (Å²) in [4.78, 5) is 0.409. The van der Waals surface area contributed by atoms with Gasteiger partial charge in [-0.15, -0.1) is 0 Å². The molecule has 0 N–H and O–H groups in total. The minimum Gasteiger partial charge on any atom is -0.207 e. The van der Waals surface area contributed by atoms with E-state index in [0.29, 0.717) is 23.3 Å². The monoisotopic (exact) mass is 445 g/mol. The van der Waals surface area contributed by atoms with Gasteiger partial charge in [-0.05, 0) is 80.2 Å². The second-order valence-corrected chi connectivity index (χ2v) is 11.4. The highest BCUT2D eigenvalue weighted by molar-refractivity contribution is 7.89. The van der Waals surface area contributed by atoms with Gasteiger partial charge in [-0.1, -0.05) is 71.8 Å². The Morgan fingerprint density at radius 1 is 0.875 bits per heavy atom. The molecule has 3 aromatic carbocycles. The van der Waals surface area contributed by atoms with Gasteiger partial charge in [0.15, 0.2) is 0 Å². The van der Waals surface area contributed by atoms with E-state index < -0.39 is 10.0 Å². The molecule has 5 rings (SSSR count). The Morgan fingerprint density at radius 2 is 1.59 bits per heavy atom. The van der Waals surface area contributed by atoms with Crippen molar-refractivity contribution >= 4 is 10.0 Å². The van der Waals surface area contributed by atoms with E-state index in [-0.39, 0.29) is 6.04 Å². The van der Waals surface area contributed by atoms with E-state index >= 15 is 0 Å². The summed E-state index contributed by atoms with van der Waals surface area (Å²) in [7, 11) is -3.55. The molecule has 1 heterocycles. The molecule has 1 fully saturated rings. The van der Waals surface area contributed by atoms with Crippen molar-refractivity contribution in [2.45, 2.75) is 56.4 Å². The molecule has 1 aliphatic heterocycles. The lowest BCUT2D eigenvalue weighted by Crippen LogP contribution is -2.53. The van der Waals surface area contributed by atoms with E-state index in [9.17, 15) is 8.42 Å². The zero-order chi connectivity index (χ0) is 22.3. The summed E-state index contributed by atoms with van der Waals surface area (Å²) in [6.45, 7) is 4.71. The Bertz CT molecular complexity index is 1200.